The summed E-state index contributed by atoms with van der Waals surface area (Å²) in [5, 5.41) is 25.1. The van der Waals surface area contributed by atoms with Gasteiger partial charge in [-0.15, -0.1) is 0 Å². The number of anilines is 15. The molecule has 0 aromatic heterocycles. The van der Waals surface area contributed by atoms with Gasteiger partial charge < -0.3 is 104 Å². The van der Waals surface area contributed by atoms with E-state index in [4.69, 9.17) is 4.74 Å². The number of amides is 10. The van der Waals surface area contributed by atoms with E-state index < -0.39 is 109 Å². The molecule has 0 radical (unpaired) electrons. The molecule has 0 aliphatic rings. The van der Waals surface area contributed by atoms with Crippen LogP contribution in [0.2, 0.25) is 0 Å². The number of methoxy groups -OCH3 is 1. The Morgan fingerprint density at radius 2 is 0.543 bits per heavy atom. The van der Waals surface area contributed by atoms with Crippen molar-refractivity contribution in [3.05, 3.63) is 264 Å². The summed E-state index contributed by atoms with van der Waals surface area (Å²) in [6, 6.07) is 56.0. The Hall–Kier alpha value is -12.8. The highest BCUT2D eigenvalue weighted by Gasteiger charge is 2.27. The highest BCUT2D eigenvalue weighted by atomic mass is 32.2. The number of halogens is 5. The summed E-state index contributed by atoms with van der Waals surface area (Å²) in [7, 11) is 1.52. The average Bonchev–Trinajstić information content (AvgIpc) is 0.797. The van der Waals surface area contributed by atoms with Crippen molar-refractivity contribution < 1.29 is 99.3 Å². The predicted molar refractivity (Wildman–Crippen MR) is 435 cm³/mol. The van der Waals surface area contributed by atoms with Crippen molar-refractivity contribution in [1.29, 1.82) is 0 Å². The summed E-state index contributed by atoms with van der Waals surface area (Å²) in [5.41, 5.74) is 7.90. The lowest BCUT2D eigenvalue weighted by atomic mass is 10.0. The minimum absolute atomic E-state index is 0.0475. The lowest BCUT2D eigenvalue weighted by molar-refractivity contribution is 0.101. The molecular weight excluding hydrogens is 1630 g/mol. The number of urea groups is 5. The Morgan fingerprint density at radius 3 is 0.828 bits per heavy atom. The van der Waals surface area contributed by atoms with Gasteiger partial charge in [0.2, 0.25) is 5.82 Å². The Bertz CT molecular complexity index is 5100. The molecule has 614 valence electrons. The molecule has 116 heavy (non-hydrogen) atoms. The molecule has 5 unspecified atom stereocenters. The van der Waals surface area contributed by atoms with Gasteiger partial charge in [0.05, 0.1) is 12.8 Å². The SMILES string of the molecule is CC(=O)c1ccc(NC(=O)Nc2ccc(NS(=O)[O-])cc2)cc1.CC(C)c1ccc(NC(=O)Nc2ccc(NS(=O)[O-])cc2)cc1.CC(C)c1ccccc1NC(=O)Nc1ccc(NS(=O)[O-])cc1.COc1ccccc1NC(=O)Nc1ccc(NS(=O)[O-])cc1.O=C(Nc1ccc(NS(=O)[O-])cc1)Nc1c(F)c(F)c(F)c(F)c1F. The lowest BCUT2D eigenvalue weighted by Gasteiger charge is -2.14. The summed E-state index contributed by atoms with van der Waals surface area (Å²) in [5.74, 6) is -9.89. The molecule has 42 heteroatoms. The third-order valence-electron chi connectivity index (χ3n) is 14.7. The highest BCUT2D eigenvalue weighted by molar-refractivity contribution is 7.81. The van der Waals surface area contributed by atoms with Crippen molar-refractivity contribution >= 4 is 178 Å². The van der Waals surface area contributed by atoms with Gasteiger partial charge in [0.25, 0.3) is 0 Å². The van der Waals surface area contributed by atoms with Crippen molar-refractivity contribution in [3.63, 3.8) is 0 Å². The molecule has 0 saturated heterocycles. The monoisotopic (exact) mass is 1700 g/mol. The zero-order valence-corrected chi connectivity index (χ0v) is 65.4. The Labute approximate surface area is 673 Å². The van der Waals surface area contributed by atoms with Crippen LogP contribution in [0.5, 0.6) is 5.75 Å². The molecule has 0 heterocycles. The van der Waals surface area contributed by atoms with E-state index in [0.29, 0.717) is 85.7 Å². The Morgan fingerprint density at radius 1 is 0.302 bits per heavy atom. The van der Waals surface area contributed by atoms with E-state index in [9.17, 15) is 94.5 Å². The minimum Gasteiger partial charge on any atom is -0.755 e. The van der Waals surface area contributed by atoms with Crippen LogP contribution in [0.3, 0.4) is 0 Å². The third kappa shape index (κ3) is 32.4. The number of carbonyl (C=O) groups excluding carboxylic acids is 6. The number of hydrogen-bond acceptors (Lipinski definition) is 17. The van der Waals surface area contributed by atoms with Crippen LogP contribution in [0.1, 0.15) is 67.9 Å². The van der Waals surface area contributed by atoms with E-state index in [0.717, 1.165) is 11.3 Å². The zero-order valence-electron chi connectivity index (χ0n) is 61.3. The standard InChI is InChI=1S/2C16H19N3O3S.C15H15N3O4S.C14H15N3O4S.C13H8F5N3O3S/c1-11(2)12-3-5-13(6-4-12)17-16(20)18-14-7-9-15(10-8-14)19-23(21)22;1-11(2)14-5-3-4-6-15(14)18-16(20)17-12-7-9-13(10-8-12)19-23(21)22;1-10(19)11-2-4-12(5-3-11)16-15(20)17-13-6-8-14(9-7-13)18-23(21)22;1-21-13-5-3-2-4-12(13)16-14(18)15-10-6-8-11(9-7-10)17-22(19)20;14-7-8(15)10(17)12(11(18)9(7)16)20-13(22)19-5-1-3-6(4-2-5)21-25(23)24/h2*3-11,19H,1-2H3,(H,21,22)(H2,17,18,20);2-9,18H,1H3,(H,21,22)(H2,16,17,20);2-9,17H,1H3,(H,19,20)(H2,15,16,18);1-4,21H,(H,23,24)(H2,19,20,22)/p-5. The molecule has 15 N–H and O–H groups in total. The van der Waals surface area contributed by atoms with Gasteiger partial charge in [-0.1, -0.05) is 70.2 Å². The normalized spacial score (nSPS) is 11.6. The third-order valence-corrected chi connectivity index (χ3v) is 16.8. The molecule has 5 atom stereocenters. The second kappa shape index (κ2) is 46.4. The fourth-order valence-electron chi connectivity index (χ4n) is 9.34. The van der Waals surface area contributed by atoms with Gasteiger partial charge in [-0.05, 0) is 206 Å². The van der Waals surface area contributed by atoms with Crippen LogP contribution in [0, 0.1) is 29.1 Å². The van der Waals surface area contributed by atoms with E-state index in [1.165, 1.54) is 73.4 Å². The molecule has 0 saturated carbocycles. The van der Waals surface area contributed by atoms with E-state index >= 15 is 0 Å². The van der Waals surface area contributed by atoms with E-state index in [1.54, 1.807) is 121 Å². The Balaban J connectivity index is 0.000000226. The van der Waals surface area contributed by atoms with Gasteiger partial charge in [-0.3, -0.25) is 25.8 Å². The van der Waals surface area contributed by atoms with Crippen molar-refractivity contribution in [1.82, 2.24) is 0 Å². The molecule has 0 aliphatic carbocycles. The van der Waals surface area contributed by atoms with Crippen molar-refractivity contribution in [2.45, 2.75) is 46.5 Å². The first-order chi connectivity index (χ1) is 55.1. The highest BCUT2D eigenvalue weighted by Crippen LogP contribution is 2.30. The van der Waals surface area contributed by atoms with E-state index in [-0.39, 0.29) is 29.2 Å². The molecule has 10 rings (SSSR count). The quantitative estimate of drug-likeness (QED) is 0.00878. The number of nitrogens with one attached hydrogen (secondary N) is 15. The second-order valence-corrected chi connectivity index (χ2v) is 27.1. The van der Waals surface area contributed by atoms with Gasteiger partial charge in [-0.25, -0.2) is 45.9 Å². The van der Waals surface area contributed by atoms with Crippen molar-refractivity contribution in [3.8, 4) is 5.75 Å². The van der Waals surface area contributed by atoms with Crippen LogP contribution < -0.4 is 81.5 Å². The summed E-state index contributed by atoms with van der Waals surface area (Å²) in [6.07, 6.45) is 0. The second-order valence-electron chi connectivity index (χ2n) is 23.8. The lowest BCUT2D eigenvalue weighted by Crippen LogP contribution is -2.22. The number of carbonyl (C=O) groups is 6. The van der Waals surface area contributed by atoms with Crippen LogP contribution in [0.15, 0.2) is 218 Å². The van der Waals surface area contributed by atoms with Gasteiger partial charge in [0.15, 0.2) is 29.1 Å². The van der Waals surface area contributed by atoms with Gasteiger partial charge in [-0.2, -0.15) is 0 Å². The Kier molecular flexibility index (Phi) is 36.8. The number of ether oxygens (including phenoxy) is 1. The topological polar surface area (TPSA) is 493 Å². The first kappa shape index (κ1) is 92.1. The molecular formula is C74H71F5N15O17S5-5. The van der Waals surface area contributed by atoms with Crippen LogP contribution >= 0.6 is 0 Å². The maximum absolute atomic E-state index is 13.4. The number of para-hydroxylation sites is 3. The van der Waals surface area contributed by atoms with Crippen LogP contribution in [-0.2, 0) is 56.3 Å². The van der Waals surface area contributed by atoms with E-state index in [1.807, 2.05) is 53.3 Å². The molecule has 0 fully saturated rings. The molecule has 10 amide bonds. The first-order valence-corrected chi connectivity index (χ1v) is 38.6. The molecule has 10 aromatic rings. The minimum atomic E-state index is -2.56. The summed E-state index contributed by atoms with van der Waals surface area (Å²) in [4.78, 5) is 70.6. The first-order valence-electron chi connectivity index (χ1n) is 33.3. The van der Waals surface area contributed by atoms with Gasteiger partial charge in [0, 0.05) is 136 Å². The van der Waals surface area contributed by atoms with Crippen molar-refractivity contribution in [2.24, 2.45) is 0 Å². The number of rotatable bonds is 24. The summed E-state index contributed by atoms with van der Waals surface area (Å²) >= 11 is -12.1. The zero-order chi connectivity index (χ0) is 85.1. The average molecular weight is 1700 g/mol. The predicted octanol–water partition coefficient (Wildman–Crippen LogP) is 15.8. The fourth-order valence-corrected chi connectivity index (χ4v) is 11.0. The van der Waals surface area contributed by atoms with Gasteiger partial charge in [0.1, 0.15) is 11.4 Å². The van der Waals surface area contributed by atoms with Crippen LogP contribution in [-0.4, -0.2) is 86.9 Å². The van der Waals surface area contributed by atoms with Crippen molar-refractivity contribution in [2.75, 3.05) is 83.9 Å². The summed E-state index contributed by atoms with van der Waals surface area (Å²) < 4.78 is 187. The number of hydrogen-bond donors (Lipinski definition) is 15. The molecule has 0 spiro atoms. The maximum Gasteiger partial charge on any atom is 0.323 e. The molecule has 32 nitrogen and oxygen atoms in total. The number of ketones is 1. The molecule has 10 aromatic carbocycles. The van der Waals surface area contributed by atoms with Gasteiger partial charge >= 0.3 is 30.2 Å². The van der Waals surface area contributed by atoms with E-state index in [2.05, 4.69) is 94.4 Å². The number of benzene rings is 10. The smallest absolute Gasteiger partial charge is 0.323 e. The number of Topliss-reactive ketones (excluding diaryl/α,β-unsaturated/α-hetero) is 1. The molecule has 0 aliphatic heterocycles. The van der Waals surface area contributed by atoms with Crippen LogP contribution in [0.4, 0.5) is 131 Å². The largest absolute Gasteiger partial charge is 0.755 e. The summed E-state index contributed by atoms with van der Waals surface area (Å²) in [6.45, 7) is 9.80. The van der Waals surface area contributed by atoms with Crippen LogP contribution in [0.25, 0.3) is 0 Å². The fraction of sp³-hybridized carbons (Fsp3) is 0.108. The maximum atomic E-state index is 13.4. The molecule has 0 bridgehead atoms.